The second-order valence-corrected chi connectivity index (χ2v) is 20.2. The summed E-state index contributed by atoms with van der Waals surface area (Å²) in [6.07, 6.45) is 4.97. The van der Waals surface area contributed by atoms with E-state index in [4.69, 9.17) is 21.7 Å². The fourth-order valence-corrected chi connectivity index (χ4v) is 10.3. The van der Waals surface area contributed by atoms with Gasteiger partial charge in [0.1, 0.15) is 0 Å². The minimum Gasteiger partial charge on any atom is -0.382 e. The molecule has 2 atom stereocenters. The Bertz CT molecular complexity index is 1870. The molecular weight excluding hydrogens is 772 g/mol. The van der Waals surface area contributed by atoms with Crippen molar-refractivity contribution >= 4 is 35.8 Å². The van der Waals surface area contributed by atoms with Crippen molar-refractivity contribution in [3.63, 3.8) is 0 Å². The van der Waals surface area contributed by atoms with Gasteiger partial charge in [0.05, 0.1) is 30.2 Å². The van der Waals surface area contributed by atoms with Crippen molar-refractivity contribution in [1.29, 1.82) is 0 Å². The lowest BCUT2D eigenvalue weighted by molar-refractivity contribution is -0.246. The van der Waals surface area contributed by atoms with Crippen LogP contribution in [0.3, 0.4) is 0 Å². The van der Waals surface area contributed by atoms with E-state index in [0.29, 0.717) is 31.4 Å². The molecule has 1 aliphatic heterocycles. The number of hydroxylamine groups is 2. The predicted octanol–water partition coefficient (Wildman–Crippen LogP) is 10.0. The molecule has 1 heterocycles. The Morgan fingerprint density at radius 2 is 1.37 bits per heavy atom. The molecular formula is C46H61N2O6PS2. The average Bonchev–Trinajstić information content (AvgIpc) is 3.18. The van der Waals surface area contributed by atoms with Crippen molar-refractivity contribution in [2.75, 3.05) is 26.9 Å². The van der Waals surface area contributed by atoms with Gasteiger partial charge in [0.25, 0.3) is 0 Å². The minimum absolute atomic E-state index is 0.0118. The highest BCUT2D eigenvalue weighted by atomic mass is 32.2. The predicted molar refractivity (Wildman–Crippen MR) is 237 cm³/mol. The lowest BCUT2D eigenvalue weighted by Gasteiger charge is -2.51. The highest BCUT2D eigenvalue weighted by Crippen LogP contribution is 2.44. The summed E-state index contributed by atoms with van der Waals surface area (Å²) in [5, 5.41) is 16.1. The fraction of sp³-hybridized carbons (Fsp3) is 0.457. The van der Waals surface area contributed by atoms with Gasteiger partial charge in [0, 0.05) is 36.0 Å². The summed E-state index contributed by atoms with van der Waals surface area (Å²) in [5.41, 5.74) is 7.10. The molecule has 0 radical (unpaired) electrons. The third-order valence-corrected chi connectivity index (χ3v) is 13.5. The molecule has 5 rings (SSSR count). The van der Waals surface area contributed by atoms with Gasteiger partial charge in [-0.1, -0.05) is 115 Å². The van der Waals surface area contributed by atoms with E-state index >= 15 is 0 Å². The fourth-order valence-electron chi connectivity index (χ4n) is 8.01. The third-order valence-electron chi connectivity index (χ3n) is 11.0. The number of thioether (sulfide) groups is 1. The summed E-state index contributed by atoms with van der Waals surface area (Å²) < 4.78 is 23.4. The summed E-state index contributed by atoms with van der Waals surface area (Å²) in [7, 11) is -2.51. The Balaban J connectivity index is 1.36. The van der Waals surface area contributed by atoms with Crippen LogP contribution in [0.25, 0.3) is 0 Å². The second-order valence-electron chi connectivity index (χ2n) is 16.6. The van der Waals surface area contributed by atoms with Crippen LogP contribution in [0.1, 0.15) is 103 Å². The van der Waals surface area contributed by atoms with E-state index in [1.807, 2.05) is 54.6 Å². The van der Waals surface area contributed by atoms with Crippen molar-refractivity contribution in [1.82, 2.24) is 10.4 Å². The molecule has 57 heavy (non-hydrogen) atoms. The maximum Gasteiger partial charge on any atom is 0.329 e. The van der Waals surface area contributed by atoms with Gasteiger partial charge in [-0.25, -0.2) is 0 Å². The van der Waals surface area contributed by atoms with Gasteiger partial charge in [-0.2, -0.15) is 5.06 Å². The molecule has 1 saturated heterocycles. The van der Waals surface area contributed by atoms with Gasteiger partial charge in [-0.05, 0) is 111 Å². The number of benzene rings is 4. The number of ether oxygens (including phenoxy) is 2. The minimum atomic E-state index is -4.19. The second kappa shape index (κ2) is 21.0. The molecule has 0 amide bonds. The highest BCUT2D eigenvalue weighted by Gasteiger charge is 2.44. The monoisotopic (exact) mass is 832 g/mol. The topological polar surface area (TPSA) is 111 Å². The van der Waals surface area contributed by atoms with Crippen LogP contribution < -0.4 is 5.32 Å². The van der Waals surface area contributed by atoms with E-state index in [9.17, 15) is 19.6 Å². The SMILES string of the molecule is COCCOCCc1ccc(CCC(CC(SC(=S)c2ccccc2)c2ccc(CP(=O)(O)O)cc2)c2ccc(CNC3CC(C)(C)N(O)C(C)(C)C3)cc2)cc1. The van der Waals surface area contributed by atoms with Gasteiger partial charge in [0.15, 0.2) is 0 Å². The normalized spacial score (nSPS) is 17.0. The van der Waals surface area contributed by atoms with Gasteiger partial charge in [-0.3, -0.25) is 4.57 Å². The summed E-state index contributed by atoms with van der Waals surface area (Å²) in [6.45, 7) is 11.0. The molecule has 308 valence electrons. The maximum atomic E-state index is 11.8. The average molecular weight is 833 g/mol. The molecule has 4 aromatic carbocycles. The van der Waals surface area contributed by atoms with Gasteiger partial charge in [-0.15, -0.1) is 11.8 Å². The first-order valence-corrected chi connectivity index (χ1v) is 23.1. The standard InChI is InChI=1S/C46H61N2O6PS2/c1-45(2)30-42(31-46(3,4)48(45)49)47-32-36-16-20-38(21-17-36)41(24-15-34-11-13-35(14-12-34)25-26-54-28-27-53-5)29-43(57-44(56)40-9-7-6-8-10-40)39-22-18-37(19-23-39)33-55(50,51)52/h6-14,16-23,41-43,47,49H,15,24-33H2,1-5H3,(H2,50,51,52). The van der Waals surface area contributed by atoms with Crippen molar-refractivity contribution < 1.29 is 29.0 Å². The van der Waals surface area contributed by atoms with Gasteiger partial charge >= 0.3 is 7.60 Å². The Labute approximate surface area is 349 Å². The van der Waals surface area contributed by atoms with Crippen LogP contribution in [-0.4, -0.2) is 68.3 Å². The number of hydrogen-bond acceptors (Lipinski definition) is 8. The summed E-state index contributed by atoms with van der Waals surface area (Å²) >= 11 is 7.71. The van der Waals surface area contributed by atoms with Crippen molar-refractivity contribution in [3.05, 3.63) is 142 Å². The van der Waals surface area contributed by atoms with Crippen molar-refractivity contribution in [2.45, 2.75) is 107 Å². The maximum absolute atomic E-state index is 11.8. The summed E-state index contributed by atoms with van der Waals surface area (Å²) in [4.78, 5) is 19.2. The third kappa shape index (κ3) is 14.2. The summed E-state index contributed by atoms with van der Waals surface area (Å²) in [6, 6.07) is 36.0. The van der Waals surface area contributed by atoms with Crippen molar-refractivity contribution in [3.8, 4) is 0 Å². The number of nitrogens with one attached hydrogen (secondary N) is 1. The van der Waals surface area contributed by atoms with Crippen LogP contribution in [-0.2, 0) is 39.6 Å². The molecule has 2 unspecified atom stereocenters. The lowest BCUT2D eigenvalue weighted by atomic mass is 9.79. The van der Waals surface area contributed by atoms with E-state index in [2.05, 4.69) is 81.5 Å². The zero-order chi connectivity index (χ0) is 41.1. The van der Waals surface area contributed by atoms with Crippen LogP contribution >= 0.6 is 31.6 Å². The lowest BCUT2D eigenvalue weighted by Crippen LogP contribution is -2.62. The van der Waals surface area contributed by atoms with E-state index in [-0.39, 0.29) is 28.4 Å². The number of piperidine rings is 1. The first-order valence-electron chi connectivity index (χ1n) is 20.0. The Kier molecular flexibility index (Phi) is 16.7. The Morgan fingerprint density at radius 1 is 0.807 bits per heavy atom. The van der Waals surface area contributed by atoms with Crippen LogP contribution in [0.15, 0.2) is 103 Å². The molecule has 1 aliphatic rings. The first-order chi connectivity index (χ1) is 27.1. The largest absolute Gasteiger partial charge is 0.382 e. The molecule has 0 aromatic heterocycles. The summed E-state index contributed by atoms with van der Waals surface area (Å²) in [5.74, 6) is 0.210. The van der Waals surface area contributed by atoms with Crippen LogP contribution in [0, 0.1) is 0 Å². The van der Waals surface area contributed by atoms with Crippen LogP contribution in [0.5, 0.6) is 0 Å². The van der Waals surface area contributed by atoms with Gasteiger partial charge in [0.2, 0.25) is 0 Å². The molecule has 4 aromatic rings. The molecule has 8 nitrogen and oxygen atoms in total. The number of nitrogens with zero attached hydrogens (tertiary/aromatic N) is 1. The number of rotatable bonds is 20. The van der Waals surface area contributed by atoms with E-state index in [1.165, 1.54) is 27.3 Å². The van der Waals surface area contributed by atoms with E-state index in [0.717, 1.165) is 60.4 Å². The van der Waals surface area contributed by atoms with Crippen LogP contribution in [0.4, 0.5) is 0 Å². The highest BCUT2D eigenvalue weighted by molar-refractivity contribution is 8.23. The first kappa shape index (κ1) is 45.4. The Hall–Kier alpha value is -2.73. The van der Waals surface area contributed by atoms with Gasteiger partial charge < -0.3 is 29.8 Å². The quantitative estimate of drug-likeness (QED) is 0.0390. The zero-order valence-corrected chi connectivity index (χ0v) is 36.6. The van der Waals surface area contributed by atoms with Crippen molar-refractivity contribution in [2.24, 2.45) is 0 Å². The van der Waals surface area contributed by atoms with E-state index < -0.39 is 7.60 Å². The molecule has 4 N–H and O–H groups in total. The molecule has 1 fully saturated rings. The van der Waals surface area contributed by atoms with E-state index in [1.54, 1.807) is 18.9 Å². The number of aryl methyl sites for hydroxylation is 1. The number of methoxy groups -OCH3 is 1. The smallest absolute Gasteiger partial charge is 0.329 e. The molecule has 0 spiro atoms. The number of hydrogen-bond donors (Lipinski definition) is 4. The Morgan fingerprint density at radius 3 is 1.96 bits per heavy atom. The molecule has 0 aliphatic carbocycles. The van der Waals surface area contributed by atoms with Crippen LogP contribution in [0.2, 0.25) is 0 Å². The molecule has 0 bridgehead atoms. The number of thiocarbonyl (C=S) groups is 1. The zero-order valence-electron chi connectivity index (χ0n) is 34.1. The molecule has 0 saturated carbocycles. The molecule has 11 heteroatoms.